The normalized spacial score (nSPS) is 16.6. The second kappa shape index (κ2) is 9.89. The molecule has 0 spiro atoms. The van der Waals surface area contributed by atoms with E-state index in [1.165, 1.54) is 11.1 Å². The first-order valence-electron chi connectivity index (χ1n) is 9.94. The molecule has 0 atom stereocenters. The van der Waals surface area contributed by atoms with Crippen LogP contribution in [0.15, 0.2) is 42.5 Å². The van der Waals surface area contributed by atoms with Gasteiger partial charge in [0.2, 0.25) is 0 Å². The number of fused-ring (bicyclic) bond motifs is 1. The Morgan fingerprint density at radius 1 is 0.897 bits per heavy atom. The van der Waals surface area contributed by atoms with E-state index in [1.54, 1.807) is 0 Å². The Labute approximate surface area is 178 Å². The molecule has 29 heavy (non-hydrogen) atoms. The van der Waals surface area contributed by atoms with Gasteiger partial charge in [-0.3, -0.25) is 0 Å². The van der Waals surface area contributed by atoms with Crippen LogP contribution in [0, 0.1) is 11.3 Å². The Bertz CT molecular complexity index is 884. The van der Waals surface area contributed by atoms with E-state index in [0.717, 1.165) is 68.8 Å². The van der Waals surface area contributed by atoms with Crippen LogP contribution in [0.2, 0.25) is 0 Å². The molecule has 2 heterocycles. The van der Waals surface area contributed by atoms with Crippen LogP contribution < -0.4 is 0 Å². The number of ether oxygens (including phenoxy) is 1. The predicted octanol–water partition coefficient (Wildman–Crippen LogP) is 3.05. The van der Waals surface area contributed by atoms with Crippen LogP contribution in [0.4, 0.5) is 0 Å². The van der Waals surface area contributed by atoms with Gasteiger partial charge in [0.1, 0.15) is 6.61 Å². The molecule has 1 fully saturated rings. The zero-order valence-corrected chi connectivity index (χ0v) is 17.3. The lowest BCUT2D eigenvalue weighted by Crippen LogP contribution is -2.47. The molecule has 1 saturated heterocycles. The first-order chi connectivity index (χ1) is 13.7. The van der Waals surface area contributed by atoms with E-state index in [4.69, 9.17) is 10.00 Å². The summed E-state index contributed by atoms with van der Waals surface area (Å²) in [6, 6.07) is 16.2. The number of carbonyl (C=O) groups excluding carboxylic acids is 1. The molecule has 0 N–H and O–H groups in total. The minimum absolute atomic E-state index is 0. The van der Waals surface area contributed by atoms with Gasteiger partial charge in [0.15, 0.2) is 0 Å². The lowest BCUT2D eigenvalue weighted by Gasteiger charge is -2.34. The summed E-state index contributed by atoms with van der Waals surface area (Å²) in [4.78, 5) is 16.6. The highest BCUT2D eigenvalue weighted by molar-refractivity contribution is 5.93. The van der Waals surface area contributed by atoms with Crippen molar-refractivity contribution in [2.24, 2.45) is 0 Å². The Morgan fingerprint density at radius 3 is 2.10 bits per heavy atom. The summed E-state index contributed by atoms with van der Waals surface area (Å²) in [5.41, 5.74) is 5.04. The fourth-order valence-corrected chi connectivity index (χ4v) is 3.90. The van der Waals surface area contributed by atoms with Crippen LogP contribution in [-0.4, -0.2) is 55.0 Å². The van der Waals surface area contributed by atoms with Gasteiger partial charge in [-0.25, -0.2) is 4.79 Å². The molecular weight excluding hydrogens is 386 g/mol. The highest BCUT2D eigenvalue weighted by Crippen LogP contribution is 2.21. The summed E-state index contributed by atoms with van der Waals surface area (Å²) in [6.45, 7) is 6.93. The van der Waals surface area contributed by atoms with Crippen molar-refractivity contribution in [1.29, 1.82) is 5.26 Å². The molecule has 0 unspecified atom stereocenters. The number of benzene rings is 2. The van der Waals surface area contributed by atoms with Crippen LogP contribution in [0.25, 0.3) is 0 Å². The van der Waals surface area contributed by atoms with Gasteiger partial charge in [-0.05, 0) is 42.2 Å². The molecule has 0 amide bonds. The van der Waals surface area contributed by atoms with E-state index in [2.05, 4.69) is 40.1 Å². The second-order valence-electron chi connectivity index (χ2n) is 7.56. The number of halogens is 1. The van der Waals surface area contributed by atoms with E-state index in [1.807, 2.05) is 18.2 Å². The van der Waals surface area contributed by atoms with Crippen LogP contribution in [-0.2, 0) is 24.2 Å². The summed E-state index contributed by atoms with van der Waals surface area (Å²) in [6.07, 6.45) is 2.04. The van der Waals surface area contributed by atoms with Crippen molar-refractivity contribution in [3.8, 4) is 6.07 Å². The van der Waals surface area contributed by atoms with Crippen molar-refractivity contribution in [3.05, 3.63) is 70.3 Å². The van der Waals surface area contributed by atoms with Crippen LogP contribution in [0.5, 0.6) is 0 Å². The smallest absolute Gasteiger partial charge is 0.338 e. The number of esters is 1. The molecule has 6 heteroatoms. The molecule has 2 aromatic rings. The quantitative estimate of drug-likeness (QED) is 0.684. The van der Waals surface area contributed by atoms with Crippen molar-refractivity contribution < 1.29 is 9.53 Å². The van der Waals surface area contributed by atoms with E-state index in [0.29, 0.717) is 6.61 Å². The molecule has 2 aliphatic rings. The summed E-state index contributed by atoms with van der Waals surface area (Å²) in [5.74, 6) is -0.196. The van der Waals surface area contributed by atoms with Gasteiger partial charge in [0.25, 0.3) is 0 Å². The van der Waals surface area contributed by atoms with Crippen molar-refractivity contribution in [3.63, 3.8) is 0 Å². The molecule has 0 bridgehead atoms. The number of nitrogens with zero attached hydrogens (tertiary/aromatic N) is 3. The van der Waals surface area contributed by atoms with Crippen molar-refractivity contribution in [1.82, 2.24) is 9.80 Å². The average molecular weight is 412 g/mol. The summed E-state index contributed by atoms with van der Waals surface area (Å²) in [7, 11) is 0. The number of piperazine rings is 1. The lowest BCUT2D eigenvalue weighted by molar-refractivity contribution is 0.0535. The highest BCUT2D eigenvalue weighted by Gasteiger charge is 2.21. The molecule has 4 rings (SSSR count). The molecule has 2 aromatic carbocycles. The average Bonchev–Trinajstić information content (AvgIpc) is 3.12. The van der Waals surface area contributed by atoms with Gasteiger partial charge in [-0.15, -0.1) is 12.4 Å². The first-order valence-corrected chi connectivity index (χ1v) is 9.94. The molecular formula is C23H26ClN3O2. The summed E-state index contributed by atoms with van der Waals surface area (Å²) < 4.78 is 5.08. The Balaban J connectivity index is 0.00000240. The maximum Gasteiger partial charge on any atom is 0.338 e. The van der Waals surface area contributed by atoms with E-state index < -0.39 is 0 Å². The number of nitriles is 1. The molecule has 0 radical (unpaired) electrons. The zero-order valence-electron chi connectivity index (χ0n) is 16.5. The molecule has 0 aromatic heterocycles. The second-order valence-corrected chi connectivity index (χ2v) is 7.56. The topological polar surface area (TPSA) is 56.6 Å². The van der Waals surface area contributed by atoms with Crippen molar-refractivity contribution >= 4 is 18.4 Å². The fraction of sp³-hybridized carbons (Fsp3) is 0.391. The van der Waals surface area contributed by atoms with E-state index >= 15 is 0 Å². The van der Waals surface area contributed by atoms with Crippen molar-refractivity contribution in [2.75, 3.05) is 39.3 Å². The number of cyclic esters (lactones) is 1. The third-order valence-electron chi connectivity index (χ3n) is 5.73. The number of hydrogen-bond donors (Lipinski definition) is 0. The van der Waals surface area contributed by atoms with E-state index in [9.17, 15) is 4.79 Å². The van der Waals surface area contributed by atoms with Crippen LogP contribution in [0.1, 0.15) is 32.6 Å². The molecule has 2 aliphatic heterocycles. The fourth-order valence-electron chi connectivity index (χ4n) is 3.90. The number of rotatable bonds is 6. The van der Waals surface area contributed by atoms with Gasteiger partial charge in [0, 0.05) is 44.8 Å². The highest BCUT2D eigenvalue weighted by atomic mass is 35.5. The Hall–Kier alpha value is -2.39. The SMILES string of the molecule is Cl.N#Cc1ccc(CCN2CCN(CCc3ccc4c(c3)COC4=O)CC2)cc1. The van der Waals surface area contributed by atoms with Gasteiger partial charge in [-0.2, -0.15) is 5.26 Å². The Morgan fingerprint density at radius 2 is 1.48 bits per heavy atom. The third-order valence-corrected chi connectivity index (χ3v) is 5.73. The van der Waals surface area contributed by atoms with Gasteiger partial charge < -0.3 is 14.5 Å². The molecule has 0 saturated carbocycles. The van der Waals surface area contributed by atoms with Gasteiger partial charge in [0.05, 0.1) is 17.2 Å². The Kier molecular flexibility index (Phi) is 7.27. The minimum Gasteiger partial charge on any atom is -0.457 e. The maximum absolute atomic E-state index is 11.5. The van der Waals surface area contributed by atoms with Gasteiger partial charge >= 0.3 is 5.97 Å². The zero-order chi connectivity index (χ0) is 19.3. The largest absolute Gasteiger partial charge is 0.457 e. The summed E-state index contributed by atoms with van der Waals surface area (Å²) >= 11 is 0. The molecule has 152 valence electrons. The minimum atomic E-state index is -0.196. The predicted molar refractivity (Wildman–Crippen MR) is 114 cm³/mol. The maximum atomic E-state index is 11.5. The van der Waals surface area contributed by atoms with E-state index in [-0.39, 0.29) is 18.4 Å². The number of carbonyl (C=O) groups is 1. The van der Waals surface area contributed by atoms with Crippen LogP contribution >= 0.6 is 12.4 Å². The first kappa shape index (κ1) is 21.3. The molecule has 5 nitrogen and oxygen atoms in total. The molecule has 0 aliphatic carbocycles. The standard InChI is InChI=1S/C23H25N3O2.ClH/c24-16-20-3-1-18(2-4-20)7-9-25-11-13-26(14-12-25)10-8-19-5-6-22-21(15-19)17-28-23(22)27;/h1-6,15H,7-14,17H2;1H. The van der Waals surface area contributed by atoms with Crippen molar-refractivity contribution in [2.45, 2.75) is 19.4 Å². The van der Waals surface area contributed by atoms with Gasteiger partial charge in [-0.1, -0.05) is 24.3 Å². The lowest BCUT2D eigenvalue weighted by atomic mass is 10.0. The van der Waals surface area contributed by atoms with Crippen LogP contribution in [0.3, 0.4) is 0 Å². The third kappa shape index (κ3) is 5.36. The number of hydrogen-bond acceptors (Lipinski definition) is 5. The summed E-state index contributed by atoms with van der Waals surface area (Å²) in [5, 5.41) is 8.87. The monoisotopic (exact) mass is 411 g/mol.